The highest BCUT2D eigenvalue weighted by atomic mass is 32.2. The highest BCUT2D eigenvalue weighted by Crippen LogP contribution is 2.38. The second kappa shape index (κ2) is 5.20. The summed E-state index contributed by atoms with van der Waals surface area (Å²) in [7, 11) is 0. The molecule has 4 rings (SSSR count). The van der Waals surface area contributed by atoms with Crippen molar-refractivity contribution in [3.05, 3.63) is 59.9 Å². The van der Waals surface area contributed by atoms with Gasteiger partial charge < -0.3 is 10.3 Å². The summed E-state index contributed by atoms with van der Waals surface area (Å²) in [6.07, 6.45) is 5.15. The first-order valence-corrected chi connectivity index (χ1v) is 8.10. The van der Waals surface area contributed by atoms with E-state index in [1.54, 1.807) is 0 Å². The van der Waals surface area contributed by atoms with Crippen molar-refractivity contribution in [1.29, 1.82) is 0 Å². The maximum Gasteiger partial charge on any atom is 0.140 e. The molecule has 106 valence electrons. The van der Waals surface area contributed by atoms with Gasteiger partial charge in [0.15, 0.2) is 0 Å². The molecule has 1 aromatic carbocycles. The van der Waals surface area contributed by atoms with Gasteiger partial charge in [0.1, 0.15) is 5.65 Å². The Hall–Kier alpha value is -1.78. The Bertz CT molecular complexity index is 769. The van der Waals surface area contributed by atoms with E-state index in [4.69, 9.17) is 5.73 Å². The van der Waals surface area contributed by atoms with Gasteiger partial charge >= 0.3 is 0 Å². The molecule has 3 aromatic rings. The first-order chi connectivity index (χ1) is 10.3. The number of hydrogen-bond acceptors (Lipinski definition) is 3. The molecule has 2 aromatic heterocycles. The van der Waals surface area contributed by atoms with Gasteiger partial charge in [0.25, 0.3) is 0 Å². The topological polar surface area (TPSA) is 43.8 Å². The van der Waals surface area contributed by atoms with Crippen LogP contribution in [0.2, 0.25) is 0 Å². The highest BCUT2D eigenvalue weighted by Gasteiger charge is 2.23. The molecule has 0 bridgehead atoms. The van der Waals surface area contributed by atoms with E-state index < -0.39 is 0 Å². The fraction of sp³-hybridized carbons (Fsp3) is 0.235. The van der Waals surface area contributed by atoms with E-state index in [2.05, 4.69) is 46.1 Å². The molecule has 0 radical (unpaired) electrons. The molecule has 4 heteroatoms. The van der Waals surface area contributed by atoms with Crippen LogP contribution in [-0.4, -0.2) is 14.8 Å². The minimum Gasteiger partial charge on any atom is -0.331 e. The number of benzene rings is 1. The second-order valence-corrected chi connectivity index (χ2v) is 6.78. The predicted molar refractivity (Wildman–Crippen MR) is 87.4 cm³/mol. The molecule has 0 spiro atoms. The molecular weight excluding hydrogens is 278 g/mol. The average Bonchev–Trinajstić information content (AvgIpc) is 3.08. The minimum atomic E-state index is 0.563. The number of aromatic nitrogens is 2. The fourth-order valence-corrected chi connectivity index (χ4v) is 4.39. The van der Waals surface area contributed by atoms with Crippen LogP contribution in [0.25, 0.3) is 11.0 Å². The second-order valence-electron chi connectivity index (χ2n) is 5.44. The first kappa shape index (κ1) is 12.9. The zero-order valence-electron chi connectivity index (χ0n) is 11.7. The van der Waals surface area contributed by atoms with Crippen molar-refractivity contribution in [2.24, 2.45) is 5.73 Å². The lowest BCUT2D eigenvalue weighted by molar-refractivity contribution is 0.678. The van der Waals surface area contributed by atoms with Crippen molar-refractivity contribution >= 4 is 22.8 Å². The molecule has 0 saturated heterocycles. The molecule has 0 aliphatic carbocycles. The van der Waals surface area contributed by atoms with Gasteiger partial charge in [0.05, 0.1) is 0 Å². The summed E-state index contributed by atoms with van der Waals surface area (Å²) in [6, 6.07) is 12.8. The van der Waals surface area contributed by atoms with Crippen LogP contribution < -0.4 is 5.73 Å². The Morgan fingerprint density at radius 1 is 1.24 bits per heavy atom. The van der Waals surface area contributed by atoms with Crippen LogP contribution >= 0.6 is 11.8 Å². The maximum atomic E-state index is 5.86. The van der Waals surface area contributed by atoms with Gasteiger partial charge in [0.2, 0.25) is 0 Å². The molecule has 1 unspecified atom stereocenters. The molecule has 2 N–H and O–H groups in total. The standard InChI is InChI=1S/C17H17N3S/c18-9-13-10-20(17-15(13)5-3-7-19-17)11-14-8-12-4-1-2-6-16(12)21-14/h1-7,10,14H,8-9,11,18H2. The first-order valence-electron chi connectivity index (χ1n) is 7.22. The summed E-state index contributed by atoms with van der Waals surface area (Å²) in [5, 5.41) is 1.76. The number of hydrogen-bond donors (Lipinski definition) is 1. The van der Waals surface area contributed by atoms with Crippen molar-refractivity contribution in [3.8, 4) is 0 Å². The molecule has 0 saturated carbocycles. The lowest BCUT2D eigenvalue weighted by Gasteiger charge is -2.10. The summed E-state index contributed by atoms with van der Waals surface area (Å²) in [6.45, 7) is 1.54. The number of pyridine rings is 1. The molecule has 3 heterocycles. The van der Waals surface area contributed by atoms with E-state index >= 15 is 0 Å². The fourth-order valence-electron chi connectivity index (χ4n) is 3.07. The molecule has 0 fully saturated rings. The van der Waals surface area contributed by atoms with E-state index in [1.165, 1.54) is 21.4 Å². The lowest BCUT2D eigenvalue weighted by atomic mass is 10.1. The van der Waals surface area contributed by atoms with Gasteiger partial charge in [-0.15, -0.1) is 11.8 Å². The van der Waals surface area contributed by atoms with Crippen molar-refractivity contribution in [2.45, 2.75) is 29.7 Å². The van der Waals surface area contributed by atoms with E-state index in [0.717, 1.165) is 18.6 Å². The number of nitrogens with zero attached hydrogens (tertiary/aromatic N) is 2. The van der Waals surface area contributed by atoms with Crippen LogP contribution in [0.15, 0.2) is 53.7 Å². The van der Waals surface area contributed by atoms with Crippen molar-refractivity contribution in [2.75, 3.05) is 0 Å². The Kier molecular flexibility index (Phi) is 3.20. The van der Waals surface area contributed by atoms with Crippen molar-refractivity contribution in [1.82, 2.24) is 9.55 Å². The number of thioether (sulfide) groups is 1. The zero-order valence-corrected chi connectivity index (χ0v) is 12.5. The third-order valence-electron chi connectivity index (χ3n) is 4.05. The van der Waals surface area contributed by atoms with Gasteiger partial charge in [-0.05, 0) is 35.7 Å². The van der Waals surface area contributed by atoms with Gasteiger partial charge in [-0.2, -0.15) is 0 Å². The number of nitrogens with two attached hydrogens (primary N) is 1. The largest absolute Gasteiger partial charge is 0.331 e. The van der Waals surface area contributed by atoms with Crippen molar-refractivity contribution in [3.63, 3.8) is 0 Å². The summed E-state index contributed by atoms with van der Waals surface area (Å²) in [4.78, 5) is 5.96. The summed E-state index contributed by atoms with van der Waals surface area (Å²) >= 11 is 1.98. The monoisotopic (exact) mass is 295 g/mol. The van der Waals surface area contributed by atoms with E-state index in [0.29, 0.717) is 11.8 Å². The lowest BCUT2D eigenvalue weighted by Crippen LogP contribution is -2.11. The molecule has 1 atom stereocenters. The van der Waals surface area contributed by atoms with Crippen LogP contribution in [0.4, 0.5) is 0 Å². The van der Waals surface area contributed by atoms with Crippen LogP contribution in [0.1, 0.15) is 11.1 Å². The van der Waals surface area contributed by atoms with E-state index in [9.17, 15) is 0 Å². The van der Waals surface area contributed by atoms with Crippen LogP contribution in [0.5, 0.6) is 0 Å². The van der Waals surface area contributed by atoms with Gasteiger partial charge in [-0.1, -0.05) is 18.2 Å². The van der Waals surface area contributed by atoms with E-state index in [-0.39, 0.29) is 0 Å². The molecule has 0 amide bonds. The summed E-state index contributed by atoms with van der Waals surface area (Å²) in [5.74, 6) is 0. The third-order valence-corrected chi connectivity index (χ3v) is 5.35. The van der Waals surface area contributed by atoms with Gasteiger partial charge in [-0.3, -0.25) is 0 Å². The Labute approximate surface area is 128 Å². The maximum absolute atomic E-state index is 5.86. The van der Waals surface area contributed by atoms with Crippen LogP contribution in [-0.2, 0) is 19.5 Å². The number of fused-ring (bicyclic) bond motifs is 2. The Morgan fingerprint density at radius 2 is 2.14 bits per heavy atom. The number of rotatable bonds is 3. The quantitative estimate of drug-likeness (QED) is 0.807. The molecular formula is C17H17N3S. The Balaban J connectivity index is 1.64. The van der Waals surface area contributed by atoms with Crippen LogP contribution in [0.3, 0.4) is 0 Å². The van der Waals surface area contributed by atoms with Gasteiger partial charge in [0, 0.05) is 41.0 Å². The predicted octanol–water partition coefficient (Wildman–Crippen LogP) is 3.21. The summed E-state index contributed by atoms with van der Waals surface area (Å²) in [5.41, 5.74) is 9.56. The zero-order chi connectivity index (χ0) is 14.2. The normalized spacial score (nSPS) is 17.3. The smallest absolute Gasteiger partial charge is 0.140 e. The minimum absolute atomic E-state index is 0.563. The van der Waals surface area contributed by atoms with Crippen molar-refractivity contribution < 1.29 is 0 Å². The SMILES string of the molecule is NCc1cn(CC2Cc3ccccc3S2)c2ncccc12. The molecule has 21 heavy (non-hydrogen) atoms. The third kappa shape index (κ3) is 2.24. The van der Waals surface area contributed by atoms with E-state index in [1.807, 2.05) is 24.0 Å². The molecule has 3 nitrogen and oxygen atoms in total. The van der Waals surface area contributed by atoms with Gasteiger partial charge in [-0.25, -0.2) is 4.98 Å². The highest BCUT2D eigenvalue weighted by molar-refractivity contribution is 8.00. The Morgan fingerprint density at radius 3 is 3.00 bits per heavy atom. The summed E-state index contributed by atoms with van der Waals surface area (Å²) < 4.78 is 2.26. The van der Waals surface area contributed by atoms with Crippen LogP contribution in [0, 0.1) is 0 Å². The average molecular weight is 295 g/mol. The molecule has 1 aliphatic heterocycles. The molecule has 1 aliphatic rings.